The summed E-state index contributed by atoms with van der Waals surface area (Å²) in [5.74, 6) is -0.0999. The van der Waals surface area contributed by atoms with E-state index in [2.05, 4.69) is 0 Å². The third kappa shape index (κ3) is 4.95. The van der Waals surface area contributed by atoms with E-state index in [0.717, 1.165) is 6.42 Å². The molecule has 0 heterocycles. The van der Waals surface area contributed by atoms with Crippen LogP contribution in [0.3, 0.4) is 0 Å². The van der Waals surface area contributed by atoms with Crippen molar-refractivity contribution in [3.8, 4) is 11.5 Å². The Balaban J connectivity index is 3.00. The number of carbonyl (C=O) groups excluding carboxylic acids is 1. The van der Waals surface area contributed by atoms with E-state index in [9.17, 15) is 9.59 Å². The van der Waals surface area contributed by atoms with Gasteiger partial charge in [-0.25, -0.2) is 0 Å². The summed E-state index contributed by atoms with van der Waals surface area (Å²) in [6.07, 6.45) is 0.738. The zero-order valence-corrected chi connectivity index (χ0v) is 13.3. The normalized spacial score (nSPS) is 10.1. The summed E-state index contributed by atoms with van der Waals surface area (Å²) in [6, 6.07) is 5.01. The first-order chi connectivity index (χ1) is 10.5. The monoisotopic (exact) mass is 309 g/mol. The highest BCUT2D eigenvalue weighted by molar-refractivity contribution is 5.97. The Morgan fingerprint density at radius 3 is 2.55 bits per heavy atom. The van der Waals surface area contributed by atoms with Crippen LogP contribution < -0.4 is 9.47 Å². The smallest absolute Gasteiger partial charge is 0.305 e. The second-order valence-electron chi connectivity index (χ2n) is 4.74. The van der Waals surface area contributed by atoms with E-state index in [1.54, 1.807) is 25.3 Å². The first-order valence-corrected chi connectivity index (χ1v) is 7.35. The van der Waals surface area contributed by atoms with E-state index in [4.69, 9.17) is 14.6 Å². The molecule has 0 saturated carbocycles. The molecule has 1 N–H and O–H groups in total. The van der Waals surface area contributed by atoms with Crippen LogP contribution in [0.1, 0.15) is 37.0 Å². The lowest BCUT2D eigenvalue weighted by molar-refractivity contribution is -0.137. The van der Waals surface area contributed by atoms with Gasteiger partial charge in [-0.15, -0.1) is 0 Å². The molecule has 22 heavy (non-hydrogen) atoms. The minimum absolute atomic E-state index is 0.0825. The number of hydrogen-bond donors (Lipinski definition) is 1. The second-order valence-corrected chi connectivity index (χ2v) is 4.74. The molecule has 0 aliphatic heterocycles. The number of carbonyl (C=O) groups is 2. The van der Waals surface area contributed by atoms with Crippen LogP contribution >= 0.6 is 0 Å². The van der Waals surface area contributed by atoms with Gasteiger partial charge in [0.15, 0.2) is 0 Å². The van der Waals surface area contributed by atoms with Crippen LogP contribution in [0.15, 0.2) is 18.2 Å². The molecule has 0 saturated heterocycles. The Bertz CT molecular complexity index is 515. The van der Waals surface area contributed by atoms with Crippen molar-refractivity contribution in [1.82, 2.24) is 4.90 Å². The first kappa shape index (κ1) is 17.8. The standard InChI is InChI=1S/C16H23NO5/c1-4-10-22-14-11-12(21-3)6-7-13(14)16(20)17(5-2)9-8-15(18)19/h6-7,11H,4-5,8-10H2,1-3H3,(H,18,19). The zero-order chi connectivity index (χ0) is 16.5. The fourth-order valence-corrected chi connectivity index (χ4v) is 1.94. The van der Waals surface area contributed by atoms with Crippen molar-refractivity contribution >= 4 is 11.9 Å². The number of carboxylic acids is 1. The van der Waals surface area contributed by atoms with Gasteiger partial charge in [-0.05, 0) is 25.5 Å². The lowest BCUT2D eigenvalue weighted by Gasteiger charge is -2.21. The lowest BCUT2D eigenvalue weighted by Crippen LogP contribution is -2.33. The van der Waals surface area contributed by atoms with Gasteiger partial charge in [0.05, 0.1) is 25.7 Å². The molecule has 0 bridgehead atoms. The molecule has 0 aliphatic carbocycles. The molecule has 1 amide bonds. The Hall–Kier alpha value is -2.24. The number of benzene rings is 1. The van der Waals surface area contributed by atoms with Crippen LogP contribution in [0.25, 0.3) is 0 Å². The number of nitrogens with zero attached hydrogens (tertiary/aromatic N) is 1. The number of aliphatic carboxylic acids is 1. The van der Waals surface area contributed by atoms with Crippen LogP contribution in [0, 0.1) is 0 Å². The maximum absolute atomic E-state index is 12.6. The molecule has 0 spiro atoms. The summed E-state index contributed by atoms with van der Waals surface area (Å²) in [5, 5.41) is 8.77. The predicted molar refractivity (Wildman–Crippen MR) is 82.6 cm³/mol. The molecule has 1 rings (SSSR count). The number of hydrogen-bond acceptors (Lipinski definition) is 4. The second kappa shape index (κ2) is 8.92. The number of methoxy groups -OCH3 is 1. The summed E-state index contributed by atoms with van der Waals surface area (Å²) >= 11 is 0. The first-order valence-electron chi connectivity index (χ1n) is 7.35. The molecule has 0 aromatic heterocycles. The van der Waals surface area contributed by atoms with Gasteiger partial charge in [-0.2, -0.15) is 0 Å². The molecule has 0 aliphatic rings. The van der Waals surface area contributed by atoms with Crippen molar-refractivity contribution in [2.45, 2.75) is 26.7 Å². The highest BCUT2D eigenvalue weighted by atomic mass is 16.5. The number of ether oxygens (including phenoxy) is 2. The molecule has 6 heteroatoms. The lowest BCUT2D eigenvalue weighted by atomic mass is 10.1. The van der Waals surface area contributed by atoms with E-state index in [1.807, 2.05) is 13.8 Å². The fraction of sp³-hybridized carbons (Fsp3) is 0.500. The summed E-state index contributed by atoms with van der Waals surface area (Å²) in [6.45, 7) is 4.90. The highest BCUT2D eigenvalue weighted by Gasteiger charge is 2.20. The largest absolute Gasteiger partial charge is 0.497 e. The Labute approximate surface area is 130 Å². The Morgan fingerprint density at radius 1 is 1.27 bits per heavy atom. The van der Waals surface area contributed by atoms with E-state index < -0.39 is 5.97 Å². The van der Waals surface area contributed by atoms with Crippen molar-refractivity contribution in [2.24, 2.45) is 0 Å². The Kier molecular flexibility index (Phi) is 7.22. The molecular formula is C16H23NO5. The zero-order valence-electron chi connectivity index (χ0n) is 13.3. The van der Waals surface area contributed by atoms with Crippen LogP contribution in [-0.4, -0.2) is 48.7 Å². The van der Waals surface area contributed by atoms with Gasteiger partial charge in [0, 0.05) is 19.2 Å². The third-order valence-electron chi connectivity index (χ3n) is 3.15. The highest BCUT2D eigenvalue weighted by Crippen LogP contribution is 2.26. The molecule has 0 atom stereocenters. The average molecular weight is 309 g/mol. The summed E-state index contributed by atoms with van der Waals surface area (Å²) in [4.78, 5) is 24.8. The minimum Gasteiger partial charge on any atom is -0.497 e. The van der Waals surface area contributed by atoms with Crippen molar-refractivity contribution in [2.75, 3.05) is 26.8 Å². The van der Waals surface area contributed by atoms with Crippen LogP contribution in [-0.2, 0) is 4.79 Å². The molecule has 122 valence electrons. The molecule has 1 aromatic rings. The number of carboxylic acid groups (broad SMARTS) is 1. The maximum atomic E-state index is 12.6. The topological polar surface area (TPSA) is 76.1 Å². The van der Waals surface area contributed by atoms with E-state index in [1.165, 1.54) is 4.90 Å². The van der Waals surface area contributed by atoms with Gasteiger partial charge in [0.2, 0.25) is 0 Å². The summed E-state index contributed by atoms with van der Waals surface area (Å²) in [5.41, 5.74) is 0.418. The molecule has 0 unspecified atom stereocenters. The molecule has 6 nitrogen and oxygen atoms in total. The van der Waals surface area contributed by atoms with Crippen molar-refractivity contribution in [3.05, 3.63) is 23.8 Å². The molecule has 0 fully saturated rings. The van der Waals surface area contributed by atoms with Crippen LogP contribution in [0.4, 0.5) is 0 Å². The molecular weight excluding hydrogens is 286 g/mol. The molecule has 1 aromatic carbocycles. The van der Waals surface area contributed by atoms with E-state index in [0.29, 0.717) is 30.2 Å². The summed E-state index contributed by atoms with van der Waals surface area (Å²) < 4.78 is 10.8. The van der Waals surface area contributed by atoms with Gasteiger partial charge < -0.3 is 19.5 Å². The third-order valence-corrected chi connectivity index (χ3v) is 3.15. The number of amides is 1. The average Bonchev–Trinajstić information content (AvgIpc) is 2.52. The van der Waals surface area contributed by atoms with Gasteiger partial charge >= 0.3 is 5.97 Å². The van der Waals surface area contributed by atoms with Gasteiger partial charge in [-0.1, -0.05) is 6.92 Å². The van der Waals surface area contributed by atoms with Crippen molar-refractivity contribution < 1.29 is 24.2 Å². The minimum atomic E-state index is -0.927. The van der Waals surface area contributed by atoms with E-state index in [-0.39, 0.29) is 18.9 Å². The Morgan fingerprint density at radius 2 is 2.00 bits per heavy atom. The fourth-order valence-electron chi connectivity index (χ4n) is 1.94. The van der Waals surface area contributed by atoms with Crippen molar-refractivity contribution in [3.63, 3.8) is 0 Å². The molecule has 0 radical (unpaired) electrons. The summed E-state index contributed by atoms with van der Waals surface area (Å²) in [7, 11) is 1.55. The number of rotatable bonds is 9. The van der Waals surface area contributed by atoms with Crippen molar-refractivity contribution in [1.29, 1.82) is 0 Å². The van der Waals surface area contributed by atoms with Crippen LogP contribution in [0.5, 0.6) is 11.5 Å². The quantitative estimate of drug-likeness (QED) is 0.758. The predicted octanol–water partition coefficient (Wildman–Crippen LogP) is 2.42. The SMILES string of the molecule is CCCOc1cc(OC)ccc1C(=O)N(CC)CCC(=O)O. The van der Waals surface area contributed by atoms with Gasteiger partial charge in [-0.3, -0.25) is 9.59 Å². The van der Waals surface area contributed by atoms with E-state index >= 15 is 0 Å². The van der Waals surface area contributed by atoms with Crippen LogP contribution in [0.2, 0.25) is 0 Å². The van der Waals surface area contributed by atoms with Gasteiger partial charge in [0.1, 0.15) is 11.5 Å². The maximum Gasteiger partial charge on any atom is 0.305 e. The van der Waals surface area contributed by atoms with Gasteiger partial charge in [0.25, 0.3) is 5.91 Å².